The van der Waals surface area contributed by atoms with Crippen molar-refractivity contribution >= 4 is 23.4 Å². The number of thioether (sulfide) groups is 1. The number of hydrogen-bond donors (Lipinski definition) is 1. The van der Waals surface area contributed by atoms with Gasteiger partial charge < -0.3 is 10.1 Å². The molecule has 3 rings (SSSR count). The van der Waals surface area contributed by atoms with E-state index in [2.05, 4.69) is 20.8 Å². The van der Waals surface area contributed by atoms with Gasteiger partial charge in [0.15, 0.2) is 0 Å². The zero-order valence-electron chi connectivity index (χ0n) is 12.3. The number of amides is 1. The Morgan fingerprint density at radius 3 is 3.14 bits per heavy atom. The Bertz CT molecular complexity index is 673. The van der Waals surface area contributed by atoms with Crippen LogP contribution in [0.5, 0.6) is 5.75 Å². The summed E-state index contributed by atoms with van der Waals surface area (Å²) in [6.45, 7) is 0.642. The fraction of sp³-hybridized carbons (Fsp3) is 0.429. The van der Waals surface area contributed by atoms with Crippen molar-refractivity contribution < 1.29 is 9.53 Å². The molecular formula is C14H17N5O2S. The van der Waals surface area contributed by atoms with Gasteiger partial charge >= 0.3 is 0 Å². The largest absolute Gasteiger partial charge is 0.494 e. The molecule has 1 aliphatic heterocycles. The van der Waals surface area contributed by atoms with E-state index in [1.807, 2.05) is 25.2 Å². The smallest absolute Gasteiger partial charge is 0.224 e. The molecule has 0 unspecified atom stereocenters. The monoisotopic (exact) mass is 319 g/mol. The molecule has 0 fully saturated rings. The second kappa shape index (κ2) is 6.78. The number of fused-ring (bicyclic) bond motifs is 1. The van der Waals surface area contributed by atoms with E-state index in [0.717, 1.165) is 40.8 Å². The van der Waals surface area contributed by atoms with Crippen molar-refractivity contribution in [2.24, 2.45) is 7.05 Å². The Morgan fingerprint density at radius 2 is 2.32 bits per heavy atom. The first-order valence-corrected chi connectivity index (χ1v) is 8.11. The summed E-state index contributed by atoms with van der Waals surface area (Å²) < 4.78 is 7.42. The van der Waals surface area contributed by atoms with E-state index in [1.165, 1.54) is 0 Å². The average molecular weight is 319 g/mol. The number of aromatic nitrogens is 4. The number of benzene rings is 1. The number of nitrogens with zero attached hydrogens (tertiary/aromatic N) is 4. The summed E-state index contributed by atoms with van der Waals surface area (Å²) in [7, 11) is 1.82. The number of tetrazole rings is 1. The number of carbonyl (C=O) groups excluding carboxylic acids is 1. The van der Waals surface area contributed by atoms with Gasteiger partial charge in [0.1, 0.15) is 5.75 Å². The Balaban J connectivity index is 1.44. The molecule has 2 heterocycles. The fourth-order valence-electron chi connectivity index (χ4n) is 2.21. The third kappa shape index (κ3) is 3.56. The highest BCUT2D eigenvalue weighted by molar-refractivity contribution is 7.99. The highest BCUT2D eigenvalue weighted by Crippen LogP contribution is 2.26. The molecule has 1 amide bonds. The summed E-state index contributed by atoms with van der Waals surface area (Å²) >= 11 is 1.61. The highest BCUT2D eigenvalue weighted by Gasteiger charge is 2.14. The lowest BCUT2D eigenvalue weighted by atomic mass is 10.0. The molecule has 116 valence electrons. The van der Waals surface area contributed by atoms with Gasteiger partial charge in [0.2, 0.25) is 11.1 Å². The summed E-state index contributed by atoms with van der Waals surface area (Å²) in [5.74, 6) is 1.83. The number of ether oxygens (including phenoxy) is 1. The Morgan fingerprint density at radius 1 is 1.41 bits per heavy atom. The Labute approximate surface area is 132 Å². The molecule has 0 spiro atoms. The molecule has 0 radical (unpaired) electrons. The van der Waals surface area contributed by atoms with Crippen LogP contribution in [-0.4, -0.2) is 38.5 Å². The first-order chi connectivity index (χ1) is 10.7. The van der Waals surface area contributed by atoms with E-state index in [0.29, 0.717) is 13.0 Å². The maximum absolute atomic E-state index is 11.3. The topological polar surface area (TPSA) is 81.9 Å². The molecule has 0 bridgehead atoms. The van der Waals surface area contributed by atoms with Crippen LogP contribution in [0.15, 0.2) is 23.4 Å². The molecule has 1 N–H and O–H groups in total. The molecule has 1 aromatic carbocycles. The zero-order chi connectivity index (χ0) is 15.4. The third-order valence-electron chi connectivity index (χ3n) is 3.34. The number of nitrogens with one attached hydrogen (secondary N) is 1. The highest BCUT2D eigenvalue weighted by atomic mass is 32.2. The molecule has 8 heteroatoms. The van der Waals surface area contributed by atoms with Crippen LogP contribution in [0.25, 0.3) is 0 Å². The van der Waals surface area contributed by atoms with Crippen LogP contribution in [0.1, 0.15) is 18.4 Å². The minimum Gasteiger partial charge on any atom is -0.494 e. The first-order valence-electron chi connectivity index (χ1n) is 7.13. The molecule has 0 saturated carbocycles. The molecule has 0 aliphatic carbocycles. The molecular weight excluding hydrogens is 302 g/mol. The number of anilines is 1. The predicted molar refractivity (Wildman–Crippen MR) is 83.0 cm³/mol. The van der Waals surface area contributed by atoms with Gasteiger partial charge in [-0.3, -0.25) is 4.79 Å². The van der Waals surface area contributed by atoms with Crippen LogP contribution < -0.4 is 10.1 Å². The van der Waals surface area contributed by atoms with Gasteiger partial charge in [0, 0.05) is 24.9 Å². The molecule has 2 aromatic rings. The quantitative estimate of drug-likeness (QED) is 0.644. The van der Waals surface area contributed by atoms with Crippen molar-refractivity contribution in [1.82, 2.24) is 20.2 Å². The van der Waals surface area contributed by atoms with Gasteiger partial charge in [-0.25, -0.2) is 4.68 Å². The summed E-state index contributed by atoms with van der Waals surface area (Å²) in [5.41, 5.74) is 2.03. The standard InChI is InChI=1S/C14H17N5O2S/c1-19-14(16-17-18-19)22-8-2-7-21-11-4-5-12-10(9-11)3-6-13(20)15-12/h4-5,9H,2-3,6-8H2,1H3,(H,15,20). The maximum Gasteiger partial charge on any atom is 0.224 e. The summed E-state index contributed by atoms with van der Waals surface area (Å²) in [4.78, 5) is 11.3. The average Bonchev–Trinajstić information content (AvgIpc) is 2.92. The Kier molecular flexibility index (Phi) is 4.57. The van der Waals surface area contributed by atoms with Crippen molar-refractivity contribution in [2.45, 2.75) is 24.4 Å². The number of aryl methyl sites for hydroxylation is 2. The normalized spacial score (nSPS) is 13.6. The van der Waals surface area contributed by atoms with Crippen molar-refractivity contribution in [3.05, 3.63) is 23.8 Å². The summed E-state index contributed by atoms with van der Waals surface area (Å²) in [6.07, 6.45) is 2.22. The van der Waals surface area contributed by atoms with Crippen molar-refractivity contribution in [3.8, 4) is 5.75 Å². The van der Waals surface area contributed by atoms with E-state index in [9.17, 15) is 4.79 Å². The zero-order valence-corrected chi connectivity index (χ0v) is 13.1. The van der Waals surface area contributed by atoms with Gasteiger partial charge in [-0.1, -0.05) is 11.8 Å². The lowest BCUT2D eigenvalue weighted by molar-refractivity contribution is -0.116. The van der Waals surface area contributed by atoms with Crippen LogP contribution in [0.2, 0.25) is 0 Å². The first kappa shape index (κ1) is 14.8. The summed E-state index contributed by atoms with van der Waals surface area (Å²) in [6, 6.07) is 5.81. The second-order valence-electron chi connectivity index (χ2n) is 5.00. The molecule has 1 aromatic heterocycles. The fourth-order valence-corrected chi connectivity index (χ4v) is 2.97. The van der Waals surface area contributed by atoms with E-state index in [-0.39, 0.29) is 5.91 Å². The van der Waals surface area contributed by atoms with Crippen LogP contribution in [0.4, 0.5) is 5.69 Å². The SMILES string of the molecule is Cn1nnnc1SCCCOc1ccc2c(c1)CCC(=O)N2. The van der Waals surface area contributed by atoms with E-state index in [4.69, 9.17) is 4.74 Å². The Hall–Kier alpha value is -2.09. The van der Waals surface area contributed by atoms with Crippen LogP contribution in [0.3, 0.4) is 0 Å². The van der Waals surface area contributed by atoms with Crippen LogP contribution >= 0.6 is 11.8 Å². The van der Waals surface area contributed by atoms with Gasteiger partial charge in [-0.05, 0) is 47.0 Å². The third-order valence-corrected chi connectivity index (χ3v) is 4.44. The molecule has 7 nitrogen and oxygen atoms in total. The number of rotatable bonds is 6. The minimum absolute atomic E-state index is 0.0801. The minimum atomic E-state index is 0.0801. The number of carbonyl (C=O) groups is 1. The van der Waals surface area contributed by atoms with Crippen molar-refractivity contribution in [2.75, 3.05) is 17.7 Å². The molecule has 0 atom stereocenters. The lowest BCUT2D eigenvalue weighted by Crippen LogP contribution is -2.18. The van der Waals surface area contributed by atoms with E-state index < -0.39 is 0 Å². The van der Waals surface area contributed by atoms with Crippen molar-refractivity contribution in [1.29, 1.82) is 0 Å². The van der Waals surface area contributed by atoms with Crippen LogP contribution in [0, 0.1) is 0 Å². The van der Waals surface area contributed by atoms with Gasteiger partial charge in [0.25, 0.3) is 0 Å². The molecule has 0 saturated heterocycles. The van der Waals surface area contributed by atoms with Crippen molar-refractivity contribution in [3.63, 3.8) is 0 Å². The number of hydrogen-bond acceptors (Lipinski definition) is 6. The summed E-state index contributed by atoms with van der Waals surface area (Å²) in [5, 5.41) is 15.0. The second-order valence-corrected chi connectivity index (χ2v) is 6.06. The maximum atomic E-state index is 11.3. The lowest BCUT2D eigenvalue weighted by Gasteiger charge is -2.17. The molecule has 22 heavy (non-hydrogen) atoms. The van der Waals surface area contributed by atoms with Gasteiger partial charge in [-0.2, -0.15) is 0 Å². The van der Waals surface area contributed by atoms with Gasteiger partial charge in [0.05, 0.1) is 6.61 Å². The van der Waals surface area contributed by atoms with Gasteiger partial charge in [-0.15, -0.1) is 5.10 Å². The van der Waals surface area contributed by atoms with E-state index >= 15 is 0 Å². The predicted octanol–water partition coefficient (Wildman–Crippen LogP) is 1.66. The van der Waals surface area contributed by atoms with Crippen LogP contribution in [-0.2, 0) is 18.3 Å². The van der Waals surface area contributed by atoms with E-state index in [1.54, 1.807) is 16.4 Å². The molecule has 1 aliphatic rings.